The highest BCUT2D eigenvalue weighted by Gasteiger charge is 2.08. The molecule has 108 valence electrons. The van der Waals surface area contributed by atoms with Crippen LogP contribution in [0.25, 0.3) is 11.3 Å². The van der Waals surface area contributed by atoms with Crippen LogP contribution in [0.3, 0.4) is 0 Å². The Kier molecular flexibility index (Phi) is 4.98. The molecule has 2 aromatic rings. The van der Waals surface area contributed by atoms with Gasteiger partial charge in [0, 0.05) is 10.4 Å². The van der Waals surface area contributed by atoms with Crippen LogP contribution in [0.5, 0.6) is 5.75 Å². The molecule has 0 aliphatic rings. The van der Waals surface area contributed by atoms with Crippen molar-refractivity contribution in [1.29, 1.82) is 0 Å². The van der Waals surface area contributed by atoms with Gasteiger partial charge in [-0.1, -0.05) is 0 Å². The number of hydrogen-bond acceptors (Lipinski definition) is 5. The normalized spacial score (nSPS) is 11.0. The van der Waals surface area contributed by atoms with Crippen LogP contribution in [0.4, 0.5) is 5.13 Å². The molecule has 0 saturated heterocycles. The van der Waals surface area contributed by atoms with Gasteiger partial charge in [-0.25, -0.2) is 4.98 Å². The van der Waals surface area contributed by atoms with E-state index in [1.807, 2.05) is 45.0 Å². The molecule has 5 heteroatoms. The number of nitrogens with two attached hydrogens (primary N) is 1. The van der Waals surface area contributed by atoms with Gasteiger partial charge in [-0.3, -0.25) is 0 Å². The number of aryl methyl sites for hydroxylation is 1. The predicted octanol–water partition coefficient (Wildman–Crippen LogP) is 3.50. The van der Waals surface area contributed by atoms with Crippen molar-refractivity contribution in [2.75, 3.05) is 18.9 Å². The Balaban J connectivity index is 1.95. The lowest BCUT2D eigenvalue weighted by Gasteiger charge is -2.09. The third-order valence-electron chi connectivity index (χ3n) is 2.74. The summed E-state index contributed by atoms with van der Waals surface area (Å²) in [6.45, 7) is 7.20. The summed E-state index contributed by atoms with van der Waals surface area (Å²) in [6, 6.07) is 7.89. The second-order valence-electron chi connectivity index (χ2n) is 4.75. The lowest BCUT2D eigenvalue weighted by Crippen LogP contribution is -2.11. The Labute approximate surface area is 123 Å². The Morgan fingerprint density at radius 1 is 1.20 bits per heavy atom. The zero-order chi connectivity index (χ0) is 14.5. The van der Waals surface area contributed by atoms with Crippen molar-refractivity contribution >= 4 is 16.5 Å². The molecule has 0 aliphatic carbocycles. The number of nitrogen functional groups attached to an aromatic ring is 1. The first-order valence-corrected chi connectivity index (χ1v) is 7.45. The molecule has 0 radical (unpaired) electrons. The first-order chi connectivity index (χ1) is 9.56. The molecule has 1 heterocycles. The summed E-state index contributed by atoms with van der Waals surface area (Å²) in [5, 5.41) is 0.601. The number of thiazole rings is 1. The first-order valence-electron chi connectivity index (χ1n) is 6.64. The lowest BCUT2D eigenvalue weighted by atomic mass is 10.1. The van der Waals surface area contributed by atoms with E-state index in [0.717, 1.165) is 21.9 Å². The van der Waals surface area contributed by atoms with Gasteiger partial charge in [-0.15, -0.1) is 11.3 Å². The molecule has 0 amide bonds. The minimum Gasteiger partial charge on any atom is -0.491 e. The summed E-state index contributed by atoms with van der Waals surface area (Å²) in [4.78, 5) is 5.47. The van der Waals surface area contributed by atoms with Crippen molar-refractivity contribution in [3.05, 3.63) is 29.1 Å². The number of nitrogens with zero attached hydrogens (tertiary/aromatic N) is 1. The molecule has 0 unspecified atom stereocenters. The largest absolute Gasteiger partial charge is 0.491 e. The van der Waals surface area contributed by atoms with Gasteiger partial charge in [0.05, 0.1) is 18.4 Å². The number of ether oxygens (including phenoxy) is 2. The van der Waals surface area contributed by atoms with E-state index in [1.165, 1.54) is 11.3 Å². The van der Waals surface area contributed by atoms with Crippen molar-refractivity contribution in [2.45, 2.75) is 26.9 Å². The van der Waals surface area contributed by atoms with E-state index < -0.39 is 0 Å². The third kappa shape index (κ3) is 3.95. The van der Waals surface area contributed by atoms with Gasteiger partial charge in [0.1, 0.15) is 12.4 Å². The van der Waals surface area contributed by atoms with Crippen LogP contribution < -0.4 is 10.5 Å². The van der Waals surface area contributed by atoms with E-state index >= 15 is 0 Å². The molecule has 0 fully saturated rings. The van der Waals surface area contributed by atoms with Crippen LogP contribution in [0.1, 0.15) is 18.7 Å². The van der Waals surface area contributed by atoms with Crippen LogP contribution in [-0.2, 0) is 4.74 Å². The maximum absolute atomic E-state index is 5.72. The third-order valence-corrected chi connectivity index (χ3v) is 3.54. The summed E-state index contributed by atoms with van der Waals surface area (Å²) >= 11 is 1.51. The van der Waals surface area contributed by atoms with Crippen molar-refractivity contribution < 1.29 is 9.47 Å². The maximum atomic E-state index is 5.72. The zero-order valence-corrected chi connectivity index (χ0v) is 12.9. The standard InChI is InChI=1S/C15H20N2O2S/c1-10(2)18-8-9-19-13-6-4-12(5-7-13)14-11(3)20-15(16)17-14/h4-7,10H,8-9H2,1-3H3,(H2,16,17). The molecule has 4 nitrogen and oxygen atoms in total. The quantitative estimate of drug-likeness (QED) is 0.828. The lowest BCUT2D eigenvalue weighted by molar-refractivity contribution is 0.0553. The molecule has 0 aliphatic heterocycles. The fraction of sp³-hybridized carbons (Fsp3) is 0.400. The van der Waals surface area contributed by atoms with Crippen LogP contribution in [-0.4, -0.2) is 24.3 Å². The monoisotopic (exact) mass is 292 g/mol. The van der Waals surface area contributed by atoms with Crippen LogP contribution in [0, 0.1) is 6.92 Å². The van der Waals surface area contributed by atoms with Crippen LogP contribution in [0.15, 0.2) is 24.3 Å². The van der Waals surface area contributed by atoms with Gasteiger partial charge >= 0.3 is 0 Å². The predicted molar refractivity (Wildman–Crippen MR) is 83.3 cm³/mol. The van der Waals surface area contributed by atoms with E-state index in [4.69, 9.17) is 15.2 Å². The van der Waals surface area contributed by atoms with Gasteiger partial charge in [0.2, 0.25) is 0 Å². The first kappa shape index (κ1) is 14.8. The van der Waals surface area contributed by atoms with E-state index in [1.54, 1.807) is 0 Å². The second-order valence-corrected chi connectivity index (χ2v) is 5.98. The highest BCUT2D eigenvalue weighted by atomic mass is 32.1. The smallest absolute Gasteiger partial charge is 0.180 e. The van der Waals surface area contributed by atoms with Gasteiger partial charge in [0.25, 0.3) is 0 Å². The Bertz CT molecular complexity index is 550. The molecule has 0 bridgehead atoms. The zero-order valence-electron chi connectivity index (χ0n) is 12.1. The average molecular weight is 292 g/mol. The van der Waals surface area contributed by atoms with Crippen molar-refractivity contribution in [3.63, 3.8) is 0 Å². The van der Waals surface area contributed by atoms with Gasteiger partial charge in [0.15, 0.2) is 5.13 Å². The number of aromatic nitrogens is 1. The fourth-order valence-corrected chi connectivity index (χ4v) is 2.55. The molecule has 0 atom stereocenters. The number of hydrogen-bond donors (Lipinski definition) is 1. The molecule has 0 spiro atoms. The highest BCUT2D eigenvalue weighted by molar-refractivity contribution is 7.15. The number of benzene rings is 1. The minimum atomic E-state index is 0.235. The van der Waals surface area contributed by atoms with Gasteiger partial charge < -0.3 is 15.2 Å². The average Bonchev–Trinajstić information content (AvgIpc) is 2.74. The van der Waals surface area contributed by atoms with Crippen LogP contribution in [0.2, 0.25) is 0 Å². The van der Waals surface area contributed by atoms with E-state index in [-0.39, 0.29) is 6.10 Å². The SMILES string of the molecule is Cc1sc(N)nc1-c1ccc(OCCOC(C)C)cc1. The van der Waals surface area contributed by atoms with E-state index in [0.29, 0.717) is 18.3 Å². The van der Waals surface area contributed by atoms with Crippen molar-refractivity contribution in [2.24, 2.45) is 0 Å². The number of rotatable bonds is 6. The van der Waals surface area contributed by atoms with Gasteiger partial charge in [-0.2, -0.15) is 0 Å². The van der Waals surface area contributed by atoms with Crippen molar-refractivity contribution in [1.82, 2.24) is 4.98 Å². The molecular formula is C15H20N2O2S. The molecule has 2 rings (SSSR count). The van der Waals surface area contributed by atoms with Crippen LogP contribution >= 0.6 is 11.3 Å². The fourth-order valence-electron chi connectivity index (χ4n) is 1.84. The molecule has 1 aromatic heterocycles. The molecule has 0 saturated carbocycles. The highest BCUT2D eigenvalue weighted by Crippen LogP contribution is 2.29. The molecule has 20 heavy (non-hydrogen) atoms. The topological polar surface area (TPSA) is 57.4 Å². The molecule has 1 aromatic carbocycles. The summed E-state index contributed by atoms with van der Waals surface area (Å²) in [5.74, 6) is 0.835. The Morgan fingerprint density at radius 3 is 2.45 bits per heavy atom. The summed E-state index contributed by atoms with van der Waals surface area (Å²) < 4.78 is 11.0. The Morgan fingerprint density at radius 2 is 1.90 bits per heavy atom. The second kappa shape index (κ2) is 6.72. The minimum absolute atomic E-state index is 0.235. The van der Waals surface area contributed by atoms with Gasteiger partial charge in [-0.05, 0) is 45.0 Å². The Hall–Kier alpha value is -1.59. The van der Waals surface area contributed by atoms with E-state index in [2.05, 4.69) is 4.98 Å². The number of anilines is 1. The summed E-state index contributed by atoms with van der Waals surface area (Å²) in [7, 11) is 0. The van der Waals surface area contributed by atoms with E-state index in [9.17, 15) is 0 Å². The summed E-state index contributed by atoms with van der Waals surface area (Å²) in [6.07, 6.45) is 0.235. The molecule has 2 N–H and O–H groups in total. The molecular weight excluding hydrogens is 272 g/mol. The van der Waals surface area contributed by atoms with Crippen molar-refractivity contribution in [3.8, 4) is 17.0 Å². The summed E-state index contributed by atoms with van der Waals surface area (Å²) in [5.41, 5.74) is 7.72. The maximum Gasteiger partial charge on any atom is 0.180 e.